The summed E-state index contributed by atoms with van der Waals surface area (Å²) in [5.74, 6) is 4.32. The average molecular weight is 366 g/mol. The van der Waals surface area contributed by atoms with Crippen LogP contribution in [-0.4, -0.2) is 40.2 Å². The maximum atomic E-state index is 5.95. The number of aromatic amines is 1. The Balaban J connectivity index is 0.00000208. The van der Waals surface area contributed by atoms with Gasteiger partial charge in [-0.1, -0.05) is 6.92 Å². The first-order valence-electron chi connectivity index (χ1n) is 7.51. The van der Waals surface area contributed by atoms with Crippen LogP contribution in [0.25, 0.3) is 22.6 Å². The van der Waals surface area contributed by atoms with Crippen molar-refractivity contribution in [2.75, 3.05) is 25.2 Å². The van der Waals surface area contributed by atoms with E-state index in [0.717, 1.165) is 39.9 Å². The number of imidazole rings is 1. The quantitative estimate of drug-likeness (QED) is 0.636. The van der Waals surface area contributed by atoms with Crippen molar-refractivity contribution in [2.45, 2.75) is 6.92 Å². The number of halogens is 1. The van der Waals surface area contributed by atoms with Crippen molar-refractivity contribution in [3.63, 3.8) is 0 Å². The highest BCUT2D eigenvalue weighted by atomic mass is 35.5. The molecule has 5 nitrogen and oxygen atoms in total. The molecule has 0 spiro atoms. The lowest BCUT2D eigenvalue weighted by atomic mass is 10.2. The van der Waals surface area contributed by atoms with Gasteiger partial charge in [-0.15, -0.1) is 12.4 Å². The molecule has 0 saturated carbocycles. The molecule has 128 valence electrons. The van der Waals surface area contributed by atoms with Crippen molar-refractivity contribution in [3.05, 3.63) is 36.5 Å². The predicted octanol–water partition coefficient (Wildman–Crippen LogP) is 4.19. The summed E-state index contributed by atoms with van der Waals surface area (Å²) in [6.45, 7) is 2.79. The molecule has 7 heteroatoms. The van der Waals surface area contributed by atoms with Crippen LogP contribution >= 0.6 is 24.2 Å². The first-order chi connectivity index (χ1) is 11.3. The maximum Gasteiger partial charge on any atom is 0.178 e. The largest absolute Gasteiger partial charge is 0.497 e. The molecule has 2 heterocycles. The van der Waals surface area contributed by atoms with Gasteiger partial charge >= 0.3 is 0 Å². The average Bonchev–Trinajstić information content (AvgIpc) is 3.02. The van der Waals surface area contributed by atoms with Crippen molar-refractivity contribution >= 4 is 35.3 Å². The monoisotopic (exact) mass is 365 g/mol. The highest BCUT2D eigenvalue weighted by Gasteiger charge is 2.13. The fraction of sp³-hybridized carbons (Fsp3) is 0.294. The normalized spacial score (nSPS) is 10.4. The predicted molar refractivity (Wildman–Crippen MR) is 102 cm³/mol. The third-order valence-corrected chi connectivity index (χ3v) is 4.25. The lowest BCUT2D eigenvalue weighted by Crippen LogP contribution is -2.02. The van der Waals surface area contributed by atoms with Crippen LogP contribution in [0.3, 0.4) is 0 Å². The zero-order valence-corrected chi connectivity index (χ0v) is 15.2. The topological polar surface area (TPSA) is 60.0 Å². The van der Waals surface area contributed by atoms with Gasteiger partial charge in [-0.2, -0.15) is 11.8 Å². The van der Waals surface area contributed by atoms with E-state index in [0.29, 0.717) is 12.3 Å². The van der Waals surface area contributed by atoms with Crippen molar-refractivity contribution < 1.29 is 9.47 Å². The standard InChI is InChI=1S/C17H19N3O2S.ClH/c1-3-23-10-9-22-15-11-12(21-2)6-7-13(15)16-19-14-5-4-8-18-17(14)20-16;/h4-8,11H,3,9-10H2,1-2H3,(H,18,19,20);1H. The number of pyridine rings is 1. The van der Waals surface area contributed by atoms with E-state index in [1.165, 1.54) is 0 Å². The van der Waals surface area contributed by atoms with E-state index in [1.54, 1.807) is 13.3 Å². The van der Waals surface area contributed by atoms with Gasteiger partial charge in [-0.05, 0) is 30.0 Å². The van der Waals surface area contributed by atoms with Crippen molar-refractivity contribution in [1.82, 2.24) is 15.0 Å². The van der Waals surface area contributed by atoms with Crippen LogP contribution in [-0.2, 0) is 0 Å². The molecule has 0 amide bonds. The lowest BCUT2D eigenvalue weighted by molar-refractivity contribution is 0.341. The molecule has 0 radical (unpaired) electrons. The summed E-state index contributed by atoms with van der Waals surface area (Å²) in [5, 5.41) is 0. The van der Waals surface area contributed by atoms with E-state index < -0.39 is 0 Å². The molecule has 0 fully saturated rings. The number of benzene rings is 1. The molecular weight excluding hydrogens is 346 g/mol. The Bertz CT molecular complexity index is 761. The first-order valence-corrected chi connectivity index (χ1v) is 8.67. The Morgan fingerprint density at radius 3 is 2.88 bits per heavy atom. The lowest BCUT2D eigenvalue weighted by Gasteiger charge is -2.11. The fourth-order valence-corrected chi connectivity index (χ4v) is 2.76. The van der Waals surface area contributed by atoms with Crippen LogP contribution < -0.4 is 9.47 Å². The number of nitrogens with zero attached hydrogens (tertiary/aromatic N) is 2. The number of thioether (sulfide) groups is 1. The van der Waals surface area contributed by atoms with Gasteiger partial charge in [-0.25, -0.2) is 9.97 Å². The summed E-state index contributed by atoms with van der Waals surface area (Å²) < 4.78 is 11.3. The zero-order valence-electron chi connectivity index (χ0n) is 13.6. The summed E-state index contributed by atoms with van der Waals surface area (Å²) in [4.78, 5) is 12.1. The molecule has 0 saturated heterocycles. The number of hydrogen-bond donors (Lipinski definition) is 1. The Morgan fingerprint density at radius 2 is 2.12 bits per heavy atom. The number of H-pyrrole nitrogens is 1. The van der Waals surface area contributed by atoms with E-state index in [-0.39, 0.29) is 12.4 Å². The Hall–Kier alpha value is -1.92. The first kappa shape index (κ1) is 18.4. The highest BCUT2D eigenvalue weighted by molar-refractivity contribution is 7.99. The molecule has 1 N–H and O–H groups in total. The van der Waals surface area contributed by atoms with Gasteiger partial charge in [0.1, 0.15) is 17.3 Å². The second-order valence-corrected chi connectivity index (χ2v) is 6.26. The SMILES string of the molecule is CCSCCOc1cc(OC)ccc1-c1nc2ncccc2[nH]1.Cl. The molecule has 2 aromatic heterocycles. The molecular formula is C17H20ClN3O2S. The number of nitrogens with one attached hydrogen (secondary N) is 1. The summed E-state index contributed by atoms with van der Waals surface area (Å²) in [6, 6.07) is 9.60. The minimum atomic E-state index is 0. The number of rotatable bonds is 7. The van der Waals surface area contributed by atoms with Gasteiger partial charge < -0.3 is 14.5 Å². The fourth-order valence-electron chi connectivity index (χ4n) is 2.27. The number of hydrogen-bond acceptors (Lipinski definition) is 5. The second kappa shape index (κ2) is 8.80. The van der Waals surface area contributed by atoms with E-state index in [1.807, 2.05) is 42.1 Å². The van der Waals surface area contributed by atoms with Crippen LogP contribution in [0, 0.1) is 0 Å². The second-order valence-electron chi connectivity index (χ2n) is 4.87. The van der Waals surface area contributed by atoms with E-state index in [9.17, 15) is 0 Å². The molecule has 0 aliphatic carbocycles. The summed E-state index contributed by atoms with van der Waals surface area (Å²) in [5.41, 5.74) is 2.52. The Labute approximate surface area is 151 Å². The highest BCUT2D eigenvalue weighted by Crippen LogP contribution is 2.32. The molecule has 3 rings (SSSR count). The smallest absolute Gasteiger partial charge is 0.178 e. The Morgan fingerprint density at radius 1 is 1.25 bits per heavy atom. The number of ether oxygens (including phenoxy) is 2. The molecule has 1 aromatic carbocycles. The zero-order chi connectivity index (χ0) is 16.1. The summed E-state index contributed by atoms with van der Waals surface area (Å²) in [6.07, 6.45) is 1.74. The number of fused-ring (bicyclic) bond motifs is 1. The van der Waals surface area contributed by atoms with E-state index >= 15 is 0 Å². The van der Waals surface area contributed by atoms with Gasteiger partial charge in [0.05, 0.1) is 24.8 Å². The molecule has 0 atom stereocenters. The van der Waals surface area contributed by atoms with Crippen molar-refractivity contribution in [3.8, 4) is 22.9 Å². The van der Waals surface area contributed by atoms with Crippen molar-refractivity contribution in [2.24, 2.45) is 0 Å². The Kier molecular flexibility index (Phi) is 6.75. The van der Waals surface area contributed by atoms with E-state index in [4.69, 9.17) is 9.47 Å². The minimum absolute atomic E-state index is 0. The maximum absolute atomic E-state index is 5.95. The van der Waals surface area contributed by atoms with Crippen LogP contribution in [0.5, 0.6) is 11.5 Å². The third kappa shape index (κ3) is 4.13. The molecule has 0 aliphatic heterocycles. The molecule has 24 heavy (non-hydrogen) atoms. The van der Waals surface area contributed by atoms with Gasteiger partial charge in [0, 0.05) is 18.0 Å². The number of aromatic nitrogens is 3. The van der Waals surface area contributed by atoms with Crippen LogP contribution in [0.1, 0.15) is 6.92 Å². The van der Waals surface area contributed by atoms with Gasteiger partial charge in [0.15, 0.2) is 5.65 Å². The van der Waals surface area contributed by atoms with Gasteiger partial charge in [-0.3, -0.25) is 0 Å². The van der Waals surface area contributed by atoms with E-state index in [2.05, 4.69) is 21.9 Å². The molecule has 0 aliphatic rings. The summed E-state index contributed by atoms with van der Waals surface area (Å²) in [7, 11) is 1.65. The van der Waals surface area contributed by atoms with Crippen LogP contribution in [0.2, 0.25) is 0 Å². The minimum Gasteiger partial charge on any atom is -0.497 e. The molecule has 3 aromatic rings. The number of methoxy groups -OCH3 is 1. The molecule has 0 unspecified atom stereocenters. The molecule has 0 bridgehead atoms. The van der Waals surface area contributed by atoms with Gasteiger partial charge in [0.25, 0.3) is 0 Å². The third-order valence-electron chi connectivity index (χ3n) is 3.39. The van der Waals surface area contributed by atoms with Crippen LogP contribution in [0.4, 0.5) is 0 Å². The van der Waals surface area contributed by atoms with Crippen molar-refractivity contribution in [1.29, 1.82) is 0 Å². The van der Waals surface area contributed by atoms with Crippen LogP contribution in [0.15, 0.2) is 36.5 Å². The summed E-state index contributed by atoms with van der Waals surface area (Å²) >= 11 is 1.85. The van der Waals surface area contributed by atoms with Gasteiger partial charge in [0.2, 0.25) is 0 Å².